The summed E-state index contributed by atoms with van der Waals surface area (Å²) in [5.41, 5.74) is 2.12. The first-order valence-corrected chi connectivity index (χ1v) is 8.62. The fourth-order valence-electron chi connectivity index (χ4n) is 2.61. The number of carbonyl (C=O) groups is 1. The van der Waals surface area contributed by atoms with Crippen molar-refractivity contribution in [3.05, 3.63) is 75.4 Å². The zero-order valence-corrected chi connectivity index (χ0v) is 14.6. The molecule has 6 heteroatoms. The summed E-state index contributed by atoms with van der Waals surface area (Å²) in [5.74, 6) is -1.11. The fraction of sp³-hybridized carbons (Fsp3) is 0.158. The lowest BCUT2D eigenvalue weighted by molar-refractivity contribution is 0.0998. The van der Waals surface area contributed by atoms with Crippen molar-refractivity contribution in [2.24, 2.45) is 4.99 Å². The zero-order valence-electron chi connectivity index (χ0n) is 13.8. The molecule has 0 radical (unpaired) electrons. The maximum Gasteiger partial charge on any atom is 0.279 e. The highest BCUT2D eigenvalue weighted by Gasteiger charge is 2.13. The quantitative estimate of drug-likeness (QED) is 0.676. The molecule has 0 aliphatic rings. The molecule has 2 aromatic carbocycles. The Labute approximate surface area is 147 Å². The number of hydrogen-bond donors (Lipinski definition) is 0. The van der Waals surface area contributed by atoms with E-state index in [1.807, 2.05) is 18.4 Å². The van der Waals surface area contributed by atoms with Crippen LogP contribution in [0.5, 0.6) is 0 Å². The first kappa shape index (κ1) is 17.2. The standard InChI is InChI=1S/C19H16F2N2OS/c1-3-23-17(13-4-8-15(20)9-5-13)12(2)25-19(23)22-18(24)14-6-10-16(21)11-7-14/h4-11H,3H2,1-2H3. The highest BCUT2D eigenvalue weighted by molar-refractivity contribution is 7.09. The van der Waals surface area contributed by atoms with E-state index in [9.17, 15) is 13.6 Å². The molecular weight excluding hydrogens is 342 g/mol. The van der Waals surface area contributed by atoms with E-state index in [0.717, 1.165) is 16.1 Å². The Morgan fingerprint density at radius 1 is 1.04 bits per heavy atom. The number of thiazole rings is 1. The van der Waals surface area contributed by atoms with Gasteiger partial charge in [-0.2, -0.15) is 4.99 Å². The topological polar surface area (TPSA) is 34.4 Å². The number of nitrogens with zero attached hydrogens (tertiary/aromatic N) is 2. The number of hydrogen-bond acceptors (Lipinski definition) is 2. The number of aryl methyl sites for hydroxylation is 1. The van der Waals surface area contributed by atoms with Gasteiger partial charge in [0.1, 0.15) is 11.6 Å². The van der Waals surface area contributed by atoms with Crippen LogP contribution in [0, 0.1) is 18.6 Å². The Balaban J connectivity index is 2.08. The number of carbonyl (C=O) groups excluding carboxylic acids is 1. The van der Waals surface area contributed by atoms with Gasteiger partial charge in [0.15, 0.2) is 4.80 Å². The van der Waals surface area contributed by atoms with Gasteiger partial charge in [-0.1, -0.05) is 0 Å². The predicted octanol–water partition coefficient (Wildman–Crippen LogP) is 4.56. The van der Waals surface area contributed by atoms with Crippen LogP contribution in [0.15, 0.2) is 53.5 Å². The summed E-state index contributed by atoms with van der Waals surface area (Å²) in [6, 6.07) is 11.5. The summed E-state index contributed by atoms with van der Waals surface area (Å²) in [6.45, 7) is 4.52. The second kappa shape index (κ2) is 7.11. The predicted molar refractivity (Wildman–Crippen MR) is 94.4 cm³/mol. The van der Waals surface area contributed by atoms with Crippen molar-refractivity contribution in [3.63, 3.8) is 0 Å². The molecule has 0 fully saturated rings. The average molecular weight is 358 g/mol. The van der Waals surface area contributed by atoms with Gasteiger partial charge in [-0.3, -0.25) is 4.79 Å². The molecule has 25 heavy (non-hydrogen) atoms. The Morgan fingerprint density at radius 2 is 1.60 bits per heavy atom. The third kappa shape index (κ3) is 3.58. The van der Waals surface area contributed by atoms with Crippen molar-refractivity contribution in [3.8, 4) is 11.3 Å². The summed E-state index contributed by atoms with van der Waals surface area (Å²) in [4.78, 5) is 18.1. The molecule has 3 aromatic rings. The molecular formula is C19H16F2N2OS. The van der Waals surface area contributed by atoms with Crippen molar-refractivity contribution in [2.45, 2.75) is 20.4 Å². The molecule has 1 heterocycles. The zero-order chi connectivity index (χ0) is 18.0. The van der Waals surface area contributed by atoms with Gasteiger partial charge < -0.3 is 4.57 Å². The first-order chi connectivity index (χ1) is 12.0. The van der Waals surface area contributed by atoms with Crippen LogP contribution in [-0.4, -0.2) is 10.5 Å². The van der Waals surface area contributed by atoms with Crippen molar-refractivity contribution >= 4 is 17.2 Å². The minimum absolute atomic E-state index is 0.295. The number of halogens is 2. The van der Waals surface area contributed by atoms with E-state index >= 15 is 0 Å². The van der Waals surface area contributed by atoms with Crippen molar-refractivity contribution < 1.29 is 13.6 Å². The molecule has 0 bridgehead atoms. The lowest BCUT2D eigenvalue weighted by atomic mass is 10.1. The SMILES string of the molecule is CCn1c(-c2ccc(F)cc2)c(C)sc1=NC(=O)c1ccc(F)cc1. The number of amides is 1. The fourth-order valence-corrected chi connectivity index (χ4v) is 3.67. The highest BCUT2D eigenvalue weighted by atomic mass is 32.1. The molecule has 0 aliphatic heterocycles. The smallest absolute Gasteiger partial charge is 0.279 e. The molecule has 0 spiro atoms. The van der Waals surface area contributed by atoms with Crippen LogP contribution in [0.4, 0.5) is 8.78 Å². The molecule has 0 unspecified atom stereocenters. The lowest BCUT2D eigenvalue weighted by Gasteiger charge is -2.07. The van der Waals surface area contributed by atoms with E-state index in [0.29, 0.717) is 16.9 Å². The van der Waals surface area contributed by atoms with Crippen LogP contribution in [-0.2, 0) is 6.54 Å². The monoisotopic (exact) mass is 358 g/mol. The first-order valence-electron chi connectivity index (χ1n) is 7.80. The van der Waals surface area contributed by atoms with E-state index < -0.39 is 11.7 Å². The van der Waals surface area contributed by atoms with E-state index in [1.165, 1.54) is 47.7 Å². The van der Waals surface area contributed by atoms with Crippen LogP contribution in [0.1, 0.15) is 22.2 Å². The van der Waals surface area contributed by atoms with E-state index in [2.05, 4.69) is 4.99 Å². The largest absolute Gasteiger partial charge is 0.316 e. The van der Waals surface area contributed by atoms with Crippen LogP contribution >= 0.6 is 11.3 Å². The summed E-state index contributed by atoms with van der Waals surface area (Å²) in [5, 5.41) is 0. The van der Waals surface area contributed by atoms with Gasteiger partial charge in [-0.15, -0.1) is 11.3 Å². The van der Waals surface area contributed by atoms with Crippen LogP contribution in [0.3, 0.4) is 0 Å². The molecule has 0 saturated heterocycles. The second-order valence-electron chi connectivity index (χ2n) is 5.46. The second-order valence-corrected chi connectivity index (χ2v) is 6.65. The van der Waals surface area contributed by atoms with E-state index in [4.69, 9.17) is 0 Å². The molecule has 3 rings (SSSR count). The normalized spacial score (nSPS) is 11.8. The maximum absolute atomic E-state index is 13.2. The van der Waals surface area contributed by atoms with Gasteiger partial charge in [0.05, 0.1) is 5.69 Å². The molecule has 0 N–H and O–H groups in total. The van der Waals surface area contributed by atoms with Gasteiger partial charge in [-0.05, 0) is 67.9 Å². The Bertz CT molecular complexity index is 970. The summed E-state index contributed by atoms with van der Waals surface area (Å²) >= 11 is 1.40. The Hall–Kier alpha value is -2.60. The van der Waals surface area contributed by atoms with Gasteiger partial charge in [0, 0.05) is 17.0 Å². The lowest BCUT2D eigenvalue weighted by Crippen LogP contribution is -2.17. The van der Waals surface area contributed by atoms with Gasteiger partial charge in [0.25, 0.3) is 5.91 Å². The Morgan fingerprint density at radius 3 is 2.16 bits per heavy atom. The summed E-state index contributed by atoms with van der Waals surface area (Å²) < 4.78 is 28.1. The minimum Gasteiger partial charge on any atom is -0.316 e. The number of benzene rings is 2. The van der Waals surface area contributed by atoms with Crippen LogP contribution in [0.25, 0.3) is 11.3 Å². The van der Waals surface area contributed by atoms with Crippen molar-refractivity contribution in [1.29, 1.82) is 0 Å². The Kier molecular flexibility index (Phi) is 4.90. The van der Waals surface area contributed by atoms with Crippen LogP contribution in [0.2, 0.25) is 0 Å². The molecule has 128 valence electrons. The third-order valence-electron chi connectivity index (χ3n) is 3.80. The maximum atomic E-state index is 13.2. The summed E-state index contributed by atoms with van der Waals surface area (Å²) in [6.07, 6.45) is 0. The van der Waals surface area contributed by atoms with Gasteiger partial charge in [-0.25, -0.2) is 8.78 Å². The highest BCUT2D eigenvalue weighted by Crippen LogP contribution is 2.25. The molecule has 0 atom stereocenters. The molecule has 0 aliphatic carbocycles. The van der Waals surface area contributed by atoms with Gasteiger partial charge >= 0.3 is 0 Å². The summed E-state index contributed by atoms with van der Waals surface area (Å²) in [7, 11) is 0. The van der Waals surface area contributed by atoms with E-state index in [1.54, 1.807) is 12.1 Å². The number of rotatable bonds is 3. The van der Waals surface area contributed by atoms with Crippen molar-refractivity contribution in [2.75, 3.05) is 0 Å². The average Bonchev–Trinajstić information content (AvgIpc) is 2.91. The van der Waals surface area contributed by atoms with Crippen molar-refractivity contribution in [1.82, 2.24) is 4.57 Å². The van der Waals surface area contributed by atoms with E-state index in [-0.39, 0.29) is 5.82 Å². The molecule has 3 nitrogen and oxygen atoms in total. The molecule has 1 amide bonds. The van der Waals surface area contributed by atoms with Crippen LogP contribution < -0.4 is 4.80 Å². The third-order valence-corrected chi connectivity index (χ3v) is 4.79. The molecule has 1 aromatic heterocycles. The molecule has 0 saturated carbocycles. The minimum atomic E-state index is -0.422. The van der Waals surface area contributed by atoms with Gasteiger partial charge in [0.2, 0.25) is 0 Å². The number of aromatic nitrogens is 1.